The van der Waals surface area contributed by atoms with Gasteiger partial charge in [0.15, 0.2) is 0 Å². The second-order valence-corrected chi connectivity index (χ2v) is 4.55. The van der Waals surface area contributed by atoms with E-state index in [4.69, 9.17) is 0 Å². The van der Waals surface area contributed by atoms with Gasteiger partial charge in [0.1, 0.15) is 0 Å². The van der Waals surface area contributed by atoms with Crippen LogP contribution in [0.4, 0.5) is 0 Å². The third kappa shape index (κ3) is 4.15. The lowest BCUT2D eigenvalue weighted by molar-refractivity contribution is -0.121. The second kappa shape index (κ2) is 5.77. The maximum atomic E-state index is 11.4. The average molecular weight is 233 g/mol. The van der Waals surface area contributed by atoms with Gasteiger partial charge in [-0.2, -0.15) is 0 Å². The summed E-state index contributed by atoms with van der Waals surface area (Å²) in [5, 5.41) is 6.30. The Morgan fingerprint density at radius 2 is 2.41 bits per heavy atom. The molecule has 1 fully saturated rings. The summed E-state index contributed by atoms with van der Waals surface area (Å²) < 4.78 is 0. The zero-order valence-corrected chi connectivity index (χ0v) is 10.1. The number of amides is 1. The minimum atomic E-state index is 0.151. The number of hydrogen-bond acceptors (Lipinski definition) is 3. The molecule has 0 spiro atoms. The minimum Gasteiger partial charge on any atom is -0.353 e. The van der Waals surface area contributed by atoms with Crippen LogP contribution in [0, 0.1) is 0 Å². The molecule has 0 radical (unpaired) electrons. The molecule has 92 valence electrons. The number of pyridine rings is 1. The molecule has 1 aliphatic carbocycles. The first-order chi connectivity index (χ1) is 8.25. The molecule has 1 atom stereocenters. The Labute approximate surface area is 102 Å². The zero-order chi connectivity index (χ0) is 12.1. The van der Waals surface area contributed by atoms with Crippen molar-refractivity contribution in [3.8, 4) is 0 Å². The van der Waals surface area contributed by atoms with Crippen LogP contribution >= 0.6 is 0 Å². The van der Waals surface area contributed by atoms with Crippen LogP contribution < -0.4 is 10.6 Å². The Kier molecular flexibility index (Phi) is 4.09. The zero-order valence-electron chi connectivity index (χ0n) is 10.1. The third-order valence-electron chi connectivity index (χ3n) is 2.93. The van der Waals surface area contributed by atoms with E-state index in [-0.39, 0.29) is 11.9 Å². The standard InChI is InChI=1S/C13H19N3O/c1-10(11-3-2-7-14-9-11)15-8-6-13(17)16-12-4-5-12/h2-3,7,9-10,12,15H,4-6,8H2,1H3,(H,16,17)/t10-/m1/s1. The number of aromatic nitrogens is 1. The fraction of sp³-hybridized carbons (Fsp3) is 0.538. The van der Waals surface area contributed by atoms with Gasteiger partial charge >= 0.3 is 0 Å². The smallest absolute Gasteiger partial charge is 0.221 e. The van der Waals surface area contributed by atoms with Gasteiger partial charge in [-0.1, -0.05) is 6.07 Å². The molecule has 2 N–H and O–H groups in total. The summed E-state index contributed by atoms with van der Waals surface area (Å²) in [6, 6.07) is 4.65. The molecule has 0 saturated heterocycles. The summed E-state index contributed by atoms with van der Waals surface area (Å²) in [5.74, 6) is 0.151. The molecule has 1 saturated carbocycles. The normalized spacial score (nSPS) is 16.5. The first-order valence-electron chi connectivity index (χ1n) is 6.18. The van der Waals surface area contributed by atoms with E-state index in [0.717, 1.165) is 18.4 Å². The molecule has 1 heterocycles. The van der Waals surface area contributed by atoms with Crippen molar-refractivity contribution < 1.29 is 4.79 Å². The molecule has 1 aromatic rings. The van der Waals surface area contributed by atoms with Crippen molar-refractivity contribution in [3.63, 3.8) is 0 Å². The average Bonchev–Trinajstić information content (AvgIpc) is 3.14. The number of nitrogens with one attached hydrogen (secondary N) is 2. The third-order valence-corrected chi connectivity index (χ3v) is 2.93. The van der Waals surface area contributed by atoms with Gasteiger partial charge in [0.25, 0.3) is 0 Å². The van der Waals surface area contributed by atoms with Crippen LogP contribution in [-0.2, 0) is 4.79 Å². The quantitative estimate of drug-likeness (QED) is 0.781. The van der Waals surface area contributed by atoms with E-state index < -0.39 is 0 Å². The Bertz CT molecular complexity index is 362. The molecular formula is C13H19N3O. The maximum Gasteiger partial charge on any atom is 0.221 e. The first kappa shape index (κ1) is 12.0. The van der Waals surface area contributed by atoms with Gasteiger partial charge in [-0.15, -0.1) is 0 Å². The Morgan fingerprint density at radius 3 is 3.06 bits per heavy atom. The van der Waals surface area contributed by atoms with Gasteiger partial charge in [-0.25, -0.2) is 0 Å². The topological polar surface area (TPSA) is 54.0 Å². The highest BCUT2D eigenvalue weighted by Crippen LogP contribution is 2.18. The fourth-order valence-corrected chi connectivity index (χ4v) is 1.68. The van der Waals surface area contributed by atoms with Gasteiger partial charge in [-0.05, 0) is 31.4 Å². The van der Waals surface area contributed by atoms with Crippen molar-refractivity contribution in [2.45, 2.75) is 38.3 Å². The number of nitrogens with zero attached hydrogens (tertiary/aromatic N) is 1. The summed E-state index contributed by atoms with van der Waals surface area (Å²) in [6.07, 6.45) is 6.44. The van der Waals surface area contributed by atoms with Crippen molar-refractivity contribution in [1.82, 2.24) is 15.6 Å². The molecule has 1 amide bonds. The lowest BCUT2D eigenvalue weighted by Crippen LogP contribution is -2.30. The van der Waals surface area contributed by atoms with Crippen LogP contribution in [-0.4, -0.2) is 23.5 Å². The van der Waals surface area contributed by atoms with E-state index in [1.54, 1.807) is 6.20 Å². The summed E-state index contributed by atoms with van der Waals surface area (Å²) >= 11 is 0. The highest BCUT2D eigenvalue weighted by atomic mass is 16.1. The van der Waals surface area contributed by atoms with E-state index in [2.05, 4.69) is 22.5 Å². The molecule has 0 unspecified atom stereocenters. The number of carbonyl (C=O) groups is 1. The van der Waals surface area contributed by atoms with Crippen molar-refractivity contribution >= 4 is 5.91 Å². The van der Waals surface area contributed by atoms with E-state index in [1.165, 1.54) is 0 Å². The molecule has 2 rings (SSSR count). The van der Waals surface area contributed by atoms with Gasteiger partial charge in [-0.3, -0.25) is 9.78 Å². The van der Waals surface area contributed by atoms with Gasteiger partial charge < -0.3 is 10.6 Å². The van der Waals surface area contributed by atoms with Crippen molar-refractivity contribution in [2.75, 3.05) is 6.54 Å². The summed E-state index contributed by atoms with van der Waals surface area (Å²) in [6.45, 7) is 2.78. The van der Waals surface area contributed by atoms with Crippen LogP contribution in [0.15, 0.2) is 24.5 Å². The minimum absolute atomic E-state index is 0.151. The van der Waals surface area contributed by atoms with Gasteiger partial charge in [0.2, 0.25) is 5.91 Å². The molecule has 0 aliphatic heterocycles. The lowest BCUT2D eigenvalue weighted by Gasteiger charge is -2.13. The SMILES string of the molecule is C[C@@H](NCCC(=O)NC1CC1)c1cccnc1. The summed E-state index contributed by atoms with van der Waals surface area (Å²) in [5.41, 5.74) is 1.15. The van der Waals surface area contributed by atoms with Crippen LogP contribution in [0.1, 0.15) is 37.8 Å². The summed E-state index contributed by atoms with van der Waals surface area (Å²) in [4.78, 5) is 15.5. The molecule has 4 heteroatoms. The van der Waals surface area contributed by atoms with Crippen LogP contribution in [0.5, 0.6) is 0 Å². The largest absolute Gasteiger partial charge is 0.353 e. The van der Waals surface area contributed by atoms with Crippen LogP contribution in [0.3, 0.4) is 0 Å². The molecular weight excluding hydrogens is 214 g/mol. The number of hydrogen-bond donors (Lipinski definition) is 2. The predicted octanol–water partition coefficient (Wildman–Crippen LogP) is 1.40. The highest BCUT2D eigenvalue weighted by molar-refractivity contribution is 5.76. The van der Waals surface area contributed by atoms with Gasteiger partial charge in [0, 0.05) is 37.4 Å². The maximum absolute atomic E-state index is 11.4. The molecule has 0 aromatic carbocycles. The molecule has 4 nitrogen and oxygen atoms in total. The van der Waals surface area contributed by atoms with E-state index in [0.29, 0.717) is 19.0 Å². The Balaban J connectivity index is 1.65. The predicted molar refractivity (Wildman–Crippen MR) is 66.4 cm³/mol. The van der Waals surface area contributed by atoms with Crippen molar-refractivity contribution in [1.29, 1.82) is 0 Å². The molecule has 1 aromatic heterocycles. The van der Waals surface area contributed by atoms with Crippen LogP contribution in [0.2, 0.25) is 0 Å². The van der Waals surface area contributed by atoms with E-state index in [9.17, 15) is 4.79 Å². The second-order valence-electron chi connectivity index (χ2n) is 4.55. The lowest BCUT2D eigenvalue weighted by atomic mass is 10.1. The fourth-order valence-electron chi connectivity index (χ4n) is 1.68. The molecule has 1 aliphatic rings. The monoisotopic (exact) mass is 233 g/mol. The highest BCUT2D eigenvalue weighted by Gasteiger charge is 2.22. The van der Waals surface area contributed by atoms with Gasteiger partial charge in [0.05, 0.1) is 0 Å². The van der Waals surface area contributed by atoms with E-state index >= 15 is 0 Å². The van der Waals surface area contributed by atoms with Crippen LogP contribution in [0.25, 0.3) is 0 Å². The number of carbonyl (C=O) groups excluding carboxylic acids is 1. The first-order valence-corrected chi connectivity index (χ1v) is 6.18. The van der Waals surface area contributed by atoms with Crippen molar-refractivity contribution in [3.05, 3.63) is 30.1 Å². The Morgan fingerprint density at radius 1 is 1.59 bits per heavy atom. The Hall–Kier alpha value is -1.42. The molecule has 0 bridgehead atoms. The molecule has 17 heavy (non-hydrogen) atoms. The van der Waals surface area contributed by atoms with E-state index in [1.807, 2.05) is 18.3 Å². The summed E-state index contributed by atoms with van der Waals surface area (Å²) in [7, 11) is 0. The number of rotatable bonds is 6. The van der Waals surface area contributed by atoms with Crippen molar-refractivity contribution in [2.24, 2.45) is 0 Å².